The van der Waals surface area contributed by atoms with Gasteiger partial charge in [0.15, 0.2) is 18.2 Å². The lowest BCUT2D eigenvalue weighted by atomic mass is 9.87. The monoisotopic (exact) mass is 582 g/mol. The number of aliphatic carboxylic acids is 2. The lowest BCUT2D eigenvalue weighted by molar-refractivity contribution is -0.139. The van der Waals surface area contributed by atoms with Gasteiger partial charge >= 0.3 is 11.9 Å². The summed E-state index contributed by atoms with van der Waals surface area (Å²) in [5.41, 5.74) is 2.95. The number of allylic oxidation sites excluding steroid dienone is 1. The Bertz CT molecular complexity index is 1420. The van der Waals surface area contributed by atoms with Crippen LogP contribution in [0.1, 0.15) is 51.3 Å². The zero-order valence-electron chi connectivity index (χ0n) is 23.6. The van der Waals surface area contributed by atoms with Gasteiger partial charge in [-0.15, -0.1) is 10.2 Å². The van der Waals surface area contributed by atoms with Crippen LogP contribution in [0.25, 0.3) is 0 Å². The standard InChI is InChI=1S/C28H35FN8O5/c1-16-3-9-24(38)27(16)37(18-4-6-21-17(11-18)13-35(2)15-30-21)19-5-7-22(20(29)12-19)31-23(28(41)42)8-10-25-32-34-36(33-25)14-26(39)40/h5,7,12,15-16,18,23,27,31H,3-4,6,8-11,13-14H2,1-2H3,(H,39,40)(H,41,42)/t16?,18?,23-,27?/m0/s1. The Morgan fingerprint density at radius 2 is 2.05 bits per heavy atom. The summed E-state index contributed by atoms with van der Waals surface area (Å²) >= 11 is 0. The second-order valence-corrected chi connectivity index (χ2v) is 11.3. The fourth-order valence-corrected chi connectivity index (χ4v) is 6.13. The van der Waals surface area contributed by atoms with Crippen molar-refractivity contribution in [2.45, 2.75) is 76.5 Å². The van der Waals surface area contributed by atoms with Crippen LogP contribution in [-0.4, -0.2) is 91.1 Å². The number of hydrogen-bond acceptors (Lipinski definition) is 10. The summed E-state index contributed by atoms with van der Waals surface area (Å²) in [5, 5.41) is 32.7. The number of carboxylic acid groups (broad SMARTS) is 2. The number of nitrogens with one attached hydrogen (secondary N) is 1. The number of carboxylic acids is 2. The molecule has 5 rings (SSSR count). The Morgan fingerprint density at radius 1 is 1.24 bits per heavy atom. The molecule has 13 nitrogen and oxygen atoms in total. The molecule has 2 aromatic rings. The van der Waals surface area contributed by atoms with Gasteiger partial charge < -0.3 is 25.3 Å². The number of aryl methyl sites for hydroxylation is 1. The van der Waals surface area contributed by atoms with E-state index in [1.165, 1.54) is 17.7 Å². The van der Waals surface area contributed by atoms with Crippen LogP contribution in [0.3, 0.4) is 0 Å². The minimum atomic E-state index is -1.19. The third-order valence-corrected chi connectivity index (χ3v) is 8.17. The largest absolute Gasteiger partial charge is 0.480 e. The summed E-state index contributed by atoms with van der Waals surface area (Å²) in [7, 11) is 1.97. The topological polar surface area (TPSA) is 166 Å². The number of likely N-dealkylation sites (N-methyl/N-ethyl adjacent to an activating group) is 1. The normalized spacial score (nSPS) is 22.7. The number of carbonyl (C=O) groups is 3. The molecule has 14 heteroatoms. The molecule has 0 amide bonds. The van der Waals surface area contributed by atoms with E-state index >= 15 is 4.39 Å². The van der Waals surface area contributed by atoms with Crippen LogP contribution < -0.4 is 10.2 Å². The van der Waals surface area contributed by atoms with Crippen molar-refractivity contribution in [2.75, 3.05) is 23.8 Å². The van der Waals surface area contributed by atoms with E-state index in [4.69, 9.17) is 5.11 Å². The van der Waals surface area contributed by atoms with Gasteiger partial charge in [0.05, 0.1) is 18.1 Å². The highest BCUT2D eigenvalue weighted by atomic mass is 19.1. The van der Waals surface area contributed by atoms with E-state index in [9.17, 15) is 19.5 Å². The van der Waals surface area contributed by atoms with Crippen molar-refractivity contribution in [2.24, 2.45) is 10.9 Å². The maximum absolute atomic E-state index is 15.6. The lowest BCUT2D eigenvalue weighted by Gasteiger charge is -2.43. The molecule has 2 heterocycles. The van der Waals surface area contributed by atoms with Crippen LogP contribution in [0.15, 0.2) is 34.5 Å². The minimum absolute atomic E-state index is 0.00645. The van der Waals surface area contributed by atoms with Crippen LogP contribution in [0.5, 0.6) is 0 Å². The summed E-state index contributed by atoms with van der Waals surface area (Å²) in [5.74, 6) is -2.47. The van der Waals surface area contributed by atoms with E-state index in [2.05, 4.69) is 37.5 Å². The molecule has 4 atom stereocenters. The van der Waals surface area contributed by atoms with Crippen LogP contribution >= 0.6 is 0 Å². The van der Waals surface area contributed by atoms with Crippen molar-refractivity contribution in [3.8, 4) is 0 Å². The number of aliphatic imine (C=N–C) groups is 1. The van der Waals surface area contributed by atoms with Gasteiger partial charge in [0.2, 0.25) is 0 Å². The van der Waals surface area contributed by atoms with E-state index in [1.54, 1.807) is 6.07 Å². The van der Waals surface area contributed by atoms with Crippen LogP contribution in [0.2, 0.25) is 0 Å². The van der Waals surface area contributed by atoms with Crippen LogP contribution in [0, 0.1) is 11.7 Å². The predicted molar refractivity (Wildman–Crippen MR) is 151 cm³/mol. The van der Waals surface area contributed by atoms with Gasteiger partial charge in [0.25, 0.3) is 0 Å². The average Bonchev–Trinajstić information content (AvgIpc) is 3.52. The molecule has 1 fully saturated rings. The highest BCUT2D eigenvalue weighted by Crippen LogP contribution is 2.39. The number of anilines is 2. The summed E-state index contributed by atoms with van der Waals surface area (Å²) in [6.07, 6.45) is 5.56. The molecule has 1 aliphatic heterocycles. The number of Topliss-reactive ketones (excluding diaryl/α,β-unsaturated/α-hetero) is 1. The van der Waals surface area contributed by atoms with E-state index < -0.39 is 30.3 Å². The number of halogens is 1. The third-order valence-electron chi connectivity index (χ3n) is 8.17. The Balaban J connectivity index is 1.34. The molecule has 3 N–H and O–H groups in total. The van der Waals surface area contributed by atoms with Crippen molar-refractivity contribution in [3.63, 3.8) is 0 Å². The first-order chi connectivity index (χ1) is 20.1. The second kappa shape index (κ2) is 12.2. The van der Waals surface area contributed by atoms with Crippen molar-refractivity contribution in [1.29, 1.82) is 0 Å². The Hall–Kier alpha value is -4.36. The Labute approximate surface area is 242 Å². The smallest absolute Gasteiger partial charge is 0.327 e. The highest BCUT2D eigenvalue weighted by Gasteiger charge is 2.41. The zero-order chi connectivity index (χ0) is 30.0. The van der Waals surface area contributed by atoms with Gasteiger partial charge in [-0.2, -0.15) is 4.80 Å². The summed E-state index contributed by atoms with van der Waals surface area (Å²) in [6, 6.07) is 3.15. The molecule has 1 aromatic heterocycles. The second-order valence-electron chi connectivity index (χ2n) is 11.3. The number of hydrogen-bond donors (Lipinski definition) is 3. The molecular weight excluding hydrogens is 547 g/mol. The van der Waals surface area contributed by atoms with Gasteiger partial charge in [-0.25, -0.2) is 14.2 Å². The SMILES string of the molecule is CC1CCC(=O)C1N(c1ccc(N[C@@H](CCc2nnn(CC(=O)O)n2)C(=O)O)c(F)c1)C1CCC2=C(C1)CN(C)C=N2. The van der Waals surface area contributed by atoms with Gasteiger partial charge in [-0.1, -0.05) is 6.92 Å². The first-order valence-electron chi connectivity index (χ1n) is 14.1. The lowest BCUT2D eigenvalue weighted by Crippen LogP contribution is -2.49. The first kappa shape index (κ1) is 29.1. The average molecular weight is 583 g/mol. The quantitative estimate of drug-likeness (QED) is 0.356. The molecular formula is C28H35FN8O5. The van der Waals surface area contributed by atoms with E-state index in [0.29, 0.717) is 12.1 Å². The molecule has 42 heavy (non-hydrogen) atoms. The van der Waals surface area contributed by atoms with Crippen molar-refractivity contribution in [3.05, 3.63) is 41.1 Å². The number of rotatable bonds is 11. The summed E-state index contributed by atoms with van der Waals surface area (Å²) in [6.45, 7) is 2.38. The minimum Gasteiger partial charge on any atom is -0.480 e. The molecule has 1 saturated carbocycles. The molecule has 2 aliphatic carbocycles. The highest BCUT2D eigenvalue weighted by molar-refractivity contribution is 5.90. The first-order valence-corrected chi connectivity index (χ1v) is 14.1. The molecule has 0 spiro atoms. The summed E-state index contributed by atoms with van der Waals surface area (Å²) < 4.78 is 15.6. The van der Waals surface area contributed by atoms with E-state index in [1.807, 2.05) is 18.3 Å². The Morgan fingerprint density at radius 3 is 2.74 bits per heavy atom. The molecule has 3 aliphatic rings. The van der Waals surface area contributed by atoms with Crippen LogP contribution in [0.4, 0.5) is 15.8 Å². The maximum atomic E-state index is 15.6. The maximum Gasteiger partial charge on any atom is 0.327 e. The van der Waals surface area contributed by atoms with E-state index in [0.717, 1.165) is 42.7 Å². The van der Waals surface area contributed by atoms with Gasteiger partial charge in [0.1, 0.15) is 11.9 Å². The number of ketones is 1. The molecule has 3 unspecified atom stereocenters. The van der Waals surface area contributed by atoms with Gasteiger partial charge in [-0.05, 0) is 67.0 Å². The molecule has 0 bridgehead atoms. The molecule has 0 radical (unpaired) electrons. The number of aromatic nitrogens is 4. The number of tetrazole rings is 1. The Kier molecular flexibility index (Phi) is 8.50. The number of nitrogens with zero attached hydrogens (tertiary/aromatic N) is 7. The predicted octanol–water partition coefficient (Wildman–Crippen LogP) is 2.35. The fraction of sp³-hybridized carbons (Fsp3) is 0.536. The number of carbonyl (C=O) groups excluding carboxylic acids is 1. The zero-order valence-corrected chi connectivity index (χ0v) is 23.6. The van der Waals surface area contributed by atoms with Gasteiger partial charge in [0, 0.05) is 43.9 Å². The molecule has 224 valence electrons. The third kappa shape index (κ3) is 6.42. The van der Waals surface area contributed by atoms with Crippen molar-refractivity contribution < 1.29 is 29.0 Å². The number of benzene rings is 1. The van der Waals surface area contributed by atoms with E-state index in [-0.39, 0.29) is 48.1 Å². The summed E-state index contributed by atoms with van der Waals surface area (Å²) in [4.78, 5) is 45.5. The molecule has 0 saturated heterocycles. The van der Waals surface area contributed by atoms with Crippen molar-refractivity contribution >= 4 is 35.4 Å². The van der Waals surface area contributed by atoms with Crippen molar-refractivity contribution in [1.82, 2.24) is 25.1 Å². The molecule has 1 aromatic carbocycles. The van der Waals surface area contributed by atoms with Gasteiger partial charge in [-0.3, -0.25) is 9.59 Å². The van der Waals surface area contributed by atoms with Crippen LogP contribution in [-0.2, 0) is 27.3 Å². The fourth-order valence-electron chi connectivity index (χ4n) is 6.13.